The fraction of sp³-hybridized carbons (Fsp3) is 0.167. The van der Waals surface area contributed by atoms with Crippen molar-refractivity contribution in [3.05, 3.63) is 42.1 Å². The van der Waals surface area contributed by atoms with Crippen molar-refractivity contribution in [2.75, 3.05) is 6.61 Å². The van der Waals surface area contributed by atoms with Crippen LogP contribution in [0.1, 0.15) is 11.6 Å². The number of aromatic nitrogens is 1. The molecule has 0 radical (unpaired) electrons. The third kappa shape index (κ3) is 1.48. The van der Waals surface area contributed by atoms with Gasteiger partial charge in [-0.3, -0.25) is 4.98 Å². The predicted octanol–water partition coefficient (Wildman–Crippen LogP) is 1.62. The first kappa shape index (κ1) is 9.15. The number of hydrogen-bond acceptors (Lipinski definition) is 4. The van der Waals surface area contributed by atoms with Gasteiger partial charge in [0.1, 0.15) is 12.6 Å². The molecule has 1 aliphatic heterocycles. The van der Waals surface area contributed by atoms with Crippen molar-refractivity contribution in [2.45, 2.75) is 6.04 Å². The Bertz CT molecular complexity index is 565. The number of nitrogens with zero attached hydrogens (tertiary/aromatic N) is 2. The zero-order valence-electron chi connectivity index (χ0n) is 8.63. The lowest BCUT2D eigenvalue weighted by Gasteiger charge is -2.06. The highest BCUT2D eigenvalue weighted by Gasteiger charge is 2.18. The zero-order chi connectivity index (χ0) is 11.0. The summed E-state index contributed by atoms with van der Waals surface area (Å²) >= 11 is 0. The van der Waals surface area contributed by atoms with Gasteiger partial charge in [-0.2, -0.15) is 0 Å². The Morgan fingerprint density at radius 2 is 2.25 bits per heavy atom. The quantitative estimate of drug-likeness (QED) is 0.783. The largest absolute Gasteiger partial charge is 0.463 e. The van der Waals surface area contributed by atoms with Gasteiger partial charge in [0.25, 0.3) is 6.02 Å². The van der Waals surface area contributed by atoms with Crippen LogP contribution >= 0.6 is 0 Å². The van der Waals surface area contributed by atoms with Crippen molar-refractivity contribution in [3.63, 3.8) is 0 Å². The SMILES string of the molecule is NC1=NC(c2ccc3ncccc3c2)CO1. The van der Waals surface area contributed by atoms with Gasteiger partial charge in [-0.1, -0.05) is 12.1 Å². The Hall–Kier alpha value is -2.10. The van der Waals surface area contributed by atoms with Crippen LogP contribution in [0.2, 0.25) is 0 Å². The third-order valence-corrected chi connectivity index (χ3v) is 2.68. The molecule has 3 rings (SSSR count). The number of aliphatic imine (C=N–C) groups is 1. The fourth-order valence-corrected chi connectivity index (χ4v) is 1.86. The van der Waals surface area contributed by atoms with E-state index in [1.807, 2.05) is 24.3 Å². The van der Waals surface area contributed by atoms with Crippen molar-refractivity contribution in [3.8, 4) is 0 Å². The number of rotatable bonds is 1. The van der Waals surface area contributed by atoms with E-state index in [0.717, 1.165) is 16.5 Å². The molecule has 1 aromatic carbocycles. The molecule has 0 spiro atoms. The Balaban J connectivity index is 2.05. The van der Waals surface area contributed by atoms with Crippen molar-refractivity contribution < 1.29 is 4.74 Å². The van der Waals surface area contributed by atoms with Gasteiger partial charge in [-0.25, -0.2) is 4.99 Å². The summed E-state index contributed by atoms with van der Waals surface area (Å²) in [6.45, 7) is 0.525. The molecule has 2 heterocycles. The van der Waals surface area contributed by atoms with E-state index in [4.69, 9.17) is 10.5 Å². The summed E-state index contributed by atoms with van der Waals surface area (Å²) < 4.78 is 5.14. The summed E-state index contributed by atoms with van der Waals surface area (Å²) in [5, 5.41) is 1.11. The minimum absolute atomic E-state index is 0.0182. The fourth-order valence-electron chi connectivity index (χ4n) is 1.86. The van der Waals surface area contributed by atoms with E-state index in [0.29, 0.717) is 6.61 Å². The molecule has 2 N–H and O–H groups in total. The Labute approximate surface area is 92.8 Å². The van der Waals surface area contributed by atoms with E-state index in [2.05, 4.69) is 16.0 Å². The lowest BCUT2D eigenvalue weighted by Crippen LogP contribution is -2.10. The molecule has 1 unspecified atom stereocenters. The second-order valence-corrected chi connectivity index (χ2v) is 3.75. The predicted molar refractivity (Wildman–Crippen MR) is 62.1 cm³/mol. The average Bonchev–Trinajstić information content (AvgIpc) is 2.75. The summed E-state index contributed by atoms with van der Waals surface area (Å²) in [7, 11) is 0. The highest BCUT2D eigenvalue weighted by molar-refractivity contribution is 5.79. The molecule has 0 amide bonds. The molecule has 0 saturated carbocycles. The molecule has 80 valence electrons. The molecule has 2 aromatic rings. The third-order valence-electron chi connectivity index (χ3n) is 2.68. The maximum absolute atomic E-state index is 5.49. The van der Waals surface area contributed by atoms with E-state index in [1.54, 1.807) is 6.20 Å². The highest BCUT2D eigenvalue weighted by atomic mass is 16.5. The highest BCUT2D eigenvalue weighted by Crippen LogP contribution is 2.24. The first-order valence-electron chi connectivity index (χ1n) is 5.14. The van der Waals surface area contributed by atoms with E-state index in [-0.39, 0.29) is 12.1 Å². The molecule has 4 heteroatoms. The number of amidine groups is 1. The lowest BCUT2D eigenvalue weighted by atomic mass is 10.1. The van der Waals surface area contributed by atoms with Crippen LogP contribution in [0.25, 0.3) is 10.9 Å². The minimum Gasteiger partial charge on any atom is -0.463 e. The van der Waals surface area contributed by atoms with Crippen LogP contribution in [0.3, 0.4) is 0 Å². The molecule has 1 atom stereocenters. The standard InChI is InChI=1S/C12H11N3O/c13-12-15-11(7-16-12)9-3-4-10-8(6-9)2-1-5-14-10/h1-6,11H,7H2,(H2,13,15). The zero-order valence-corrected chi connectivity index (χ0v) is 8.63. The van der Waals surface area contributed by atoms with Gasteiger partial charge in [-0.15, -0.1) is 0 Å². The van der Waals surface area contributed by atoms with Crippen molar-refractivity contribution in [2.24, 2.45) is 10.7 Å². The normalized spacial score (nSPS) is 19.5. The summed E-state index contributed by atoms with van der Waals surface area (Å²) in [6.07, 6.45) is 1.79. The van der Waals surface area contributed by atoms with Crippen LogP contribution < -0.4 is 5.73 Å². The number of nitrogens with two attached hydrogens (primary N) is 1. The molecule has 1 aliphatic rings. The summed E-state index contributed by atoms with van der Waals surface area (Å²) in [6, 6.07) is 10.4. The number of benzene rings is 1. The van der Waals surface area contributed by atoms with E-state index < -0.39 is 0 Å². The van der Waals surface area contributed by atoms with Crippen LogP contribution in [0, 0.1) is 0 Å². The van der Waals surface area contributed by atoms with E-state index >= 15 is 0 Å². The molecule has 16 heavy (non-hydrogen) atoms. The summed E-state index contributed by atoms with van der Waals surface area (Å²) in [5.41, 5.74) is 7.59. The van der Waals surface area contributed by atoms with Gasteiger partial charge in [-0.05, 0) is 23.8 Å². The molecule has 0 saturated heterocycles. The van der Waals surface area contributed by atoms with Crippen LogP contribution in [0.4, 0.5) is 0 Å². The molecule has 4 nitrogen and oxygen atoms in total. The topological polar surface area (TPSA) is 60.5 Å². The van der Waals surface area contributed by atoms with Crippen LogP contribution in [-0.2, 0) is 4.74 Å². The van der Waals surface area contributed by atoms with Gasteiger partial charge < -0.3 is 10.5 Å². The molecule has 0 fully saturated rings. The van der Waals surface area contributed by atoms with Crippen LogP contribution in [0.5, 0.6) is 0 Å². The maximum Gasteiger partial charge on any atom is 0.282 e. The molecule has 0 bridgehead atoms. The maximum atomic E-state index is 5.49. The van der Waals surface area contributed by atoms with Gasteiger partial charge in [0.2, 0.25) is 0 Å². The van der Waals surface area contributed by atoms with Crippen LogP contribution in [-0.4, -0.2) is 17.6 Å². The number of hydrogen-bond donors (Lipinski definition) is 1. The van der Waals surface area contributed by atoms with E-state index in [1.165, 1.54) is 0 Å². The van der Waals surface area contributed by atoms with Gasteiger partial charge in [0.05, 0.1) is 5.52 Å². The Morgan fingerprint density at radius 3 is 3.06 bits per heavy atom. The van der Waals surface area contributed by atoms with Crippen molar-refractivity contribution in [1.29, 1.82) is 0 Å². The molecular weight excluding hydrogens is 202 g/mol. The number of ether oxygens (including phenoxy) is 1. The van der Waals surface area contributed by atoms with Gasteiger partial charge >= 0.3 is 0 Å². The lowest BCUT2D eigenvalue weighted by molar-refractivity contribution is 0.315. The molecular formula is C12H11N3O. The Kier molecular flexibility index (Phi) is 1.99. The molecule has 1 aromatic heterocycles. The van der Waals surface area contributed by atoms with Gasteiger partial charge in [0.15, 0.2) is 0 Å². The smallest absolute Gasteiger partial charge is 0.282 e. The monoisotopic (exact) mass is 213 g/mol. The average molecular weight is 213 g/mol. The Morgan fingerprint density at radius 1 is 1.31 bits per heavy atom. The van der Waals surface area contributed by atoms with Crippen LogP contribution in [0.15, 0.2) is 41.5 Å². The van der Waals surface area contributed by atoms with E-state index in [9.17, 15) is 0 Å². The van der Waals surface area contributed by atoms with Crippen molar-refractivity contribution in [1.82, 2.24) is 4.98 Å². The summed E-state index contributed by atoms with van der Waals surface area (Å²) in [5.74, 6) is 0. The van der Waals surface area contributed by atoms with Gasteiger partial charge in [0, 0.05) is 11.6 Å². The second-order valence-electron chi connectivity index (χ2n) is 3.75. The first-order valence-corrected chi connectivity index (χ1v) is 5.14. The minimum atomic E-state index is 0.0182. The second kappa shape index (κ2) is 3.48. The number of pyridine rings is 1. The first-order chi connectivity index (χ1) is 7.83. The molecule has 0 aliphatic carbocycles. The summed E-state index contributed by atoms with van der Waals surface area (Å²) in [4.78, 5) is 8.49. The van der Waals surface area contributed by atoms with Crippen molar-refractivity contribution >= 4 is 16.9 Å². The number of fused-ring (bicyclic) bond motifs is 1.